The van der Waals surface area contributed by atoms with Crippen molar-refractivity contribution >= 4 is 23.3 Å². The smallest absolute Gasteiger partial charge is 0.315 e. The molecule has 2 heterocycles. The summed E-state index contributed by atoms with van der Waals surface area (Å²) in [6.45, 7) is 10.5. The van der Waals surface area contributed by atoms with Gasteiger partial charge in [-0.05, 0) is 32.2 Å². The largest absolute Gasteiger partial charge is 0.337 e. The Morgan fingerprint density at radius 1 is 1.22 bits per heavy atom. The molecule has 0 atom stereocenters. The van der Waals surface area contributed by atoms with Crippen LogP contribution in [0.25, 0.3) is 0 Å². The first-order chi connectivity index (χ1) is 10.8. The molecule has 0 saturated carbocycles. The van der Waals surface area contributed by atoms with Crippen LogP contribution in [0.2, 0.25) is 0 Å². The SMILES string of the molecule is CC(C)(C)NC(=O)NCCN1CCN(C(=O)c2cccs2)CC1. The molecule has 1 aromatic rings. The summed E-state index contributed by atoms with van der Waals surface area (Å²) in [5.41, 5.74) is -0.224. The molecule has 2 rings (SSSR count). The molecule has 128 valence electrons. The van der Waals surface area contributed by atoms with E-state index in [2.05, 4.69) is 15.5 Å². The molecule has 1 aliphatic rings. The lowest BCUT2D eigenvalue weighted by Gasteiger charge is -2.34. The zero-order chi connectivity index (χ0) is 16.9. The van der Waals surface area contributed by atoms with Crippen molar-refractivity contribution in [3.05, 3.63) is 22.4 Å². The molecule has 0 spiro atoms. The molecule has 6 nitrogen and oxygen atoms in total. The normalized spacial score (nSPS) is 16.2. The minimum Gasteiger partial charge on any atom is -0.337 e. The molecule has 1 fully saturated rings. The van der Waals surface area contributed by atoms with Crippen molar-refractivity contribution in [1.82, 2.24) is 20.4 Å². The van der Waals surface area contributed by atoms with Gasteiger partial charge in [0.2, 0.25) is 0 Å². The first-order valence-electron chi connectivity index (χ1n) is 7.96. The summed E-state index contributed by atoms with van der Waals surface area (Å²) in [6.07, 6.45) is 0. The van der Waals surface area contributed by atoms with Gasteiger partial charge >= 0.3 is 6.03 Å². The summed E-state index contributed by atoms with van der Waals surface area (Å²) >= 11 is 1.49. The maximum Gasteiger partial charge on any atom is 0.315 e. The molecule has 2 N–H and O–H groups in total. The summed E-state index contributed by atoms with van der Waals surface area (Å²) in [6, 6.07) is 3.64. The Bertz CT molecular complexity index is 517. The predicted molar refractivity (Wildman–Crippen MR) is 92.9 cm³/mol. The molecule has 23 heavy (non-hydrogen) atoms. The van der Waals surface area contributed by atoms with E-state index in [1.165, 1.54) is 11.3 Å². The van der Waals surface area contributed by atoms with Crippen molar-refractivity contribution in [3.8, 4) is 0 Å². The zero-order valence-corrected chi connectivity index (χ0v) is 14.9. The van der Waals surface area contributed by atoms with E-state index in [-0.39, 0.29) is 17.5 Å². The highest BCUT2D eigenvalue weighted by atomic mass is 32.1. The van der Waals surface area contributed by atoms with Crippen LogP contribution in [0.15, 0.2) is 17.5 Å². The second-order valence-electron chi connectivity index (χ2n) is 6.74. The highest BCUT2D eigenvalue weighted by Crippen LogP contribution is 2.13. The number of thiophene rings is 1. The van der Waals surface area contributed by atoms with Gasteiger partial charge in [0.15, 0.2) is 0 Å². The topological polar surface area (TPSA) is 64.7 Å². The van der Waals surface area contributed by atoms with E-state index in [9.17, 15) is 9.59 Å². The van der Waals surface area contributed by atoms with E-state index < -0.39 is 0 Å². The van der Waals surface area contributed by atoms with Crippen LogP contribution >= 0.6 is 11.3 Å². The zero-order valence-electron chi connectivity index (χ0n) is 14.1. The molecular weight excluding hydrogens is 312 g/mol. The van der Waals surface area contributed by atoms with E-state index in [0.29, 0.717) is 6.54 Å². The fourth-order valence-electron chi connectivity index (χ4n) is 2.44. The number of hydrogen-bond donors (Lipinski definition) is 2. The van der Waals surface area contributed by atoms with E-state index >= 15 is 0 Å². The minimum absolute atomic E-state index is 0.127. The fourth-order valence-corrected chi connectivity index (χ4v) is 3.13. The molecule has 0 aliphatic carbocycles. The number of nitrogens with one attached hydrogen (secondary N) is 2. The molecule has 1 saturated heterocycles. The number of piperazine rings is 1. The van der Waals surface area contributed by atoms with Crippen LogP contribution in [-0.4, -0.2) is 66.5 Å². The first-order valence-corrected chi connectivity index (χ1v) is 8.84. The molecule has 0 radical (unpaired) electrons. The second kappa shape index (κ2) is 7.79. The van der Waals surface area contributed by atoms with Crippen LogP contribution in [0.4, 0.5) is 4.79 Å². The maximum absolute atomic E-state index is 12.3. The number of hydrogen-bond acceptors (Lipinski definition) is 4. The summed E-state index contributed by atoms with van der Waals surface area (Å²) in [7, 11) is 0. The van der Waals surface area contributed by atoms with Crippen molar-refractivity contribution in [2.45, 2.75) is 26.3 Å². The Balaban J connectivity index is 1.65. The molecule has 7 heteroatoms. The minimum atomic E-state index is -0.224. The van der Waals surface area contributed by atoms with E-state index in [4.69, 9.17) is 0 Å². The maximum atomic E-state index is 12.3. The standard InChI is InChI=1S/C16H26N4O2S/c1-16(2,3)18-15(22)17-6-7-19-8-10-20(11-9-19)14(21)13-5-4-12-23-13/h4-5,12H,6-11H2,1-3H3,(H2,17,18,22). The monoisotopic (exact) mass is 338 g/mol. The van der Waals surface area contributed by atoms with Gasteiger partial charge in [0.25, 0.3) is 5.91 Å². The molecule has 0 aromatic carbocycles. The number of carbonyl (C=O) groups is 2. The lowest BCUT2D eigenvalue weighted by atomic mass is 10.1. The highest BCUT2D eigenvalue weighted by Gasteiger charge is 2.22. The summed E-state index contributed by atoms with van der Waals surface area (Å²) < 4.78 is 0. The van der Waals surface area contributed by atoms with Crippen LogP contribution in [0.3, 0.4) is 0 Å². The lowest BCUT2D eigenvalue weighted by Crippen LogP contribution is -2.51. The van der Waals surface area contributed by atoms with E-state index in [1.807, 2.05) is 43.2 Å². The Morgan fingerprint density at radius 2 is 1.91 bits per heavy atom. The third kappa shape index (κ3) is 5.84. The molecule has 1 aromatic heterocycles. The molecule has 0 unspecified atom stereocenters. The van der Waals surface area contributed by atoms with Crippen molar-refractivity contribution in [2.75, 3.05) is 39.3 Å². The Kier molecular flexibility index (Phi) is 6.01. The number of amides is 3. The Labute approximate surface area is 141 Å². The summed E-state index contributed by atoms with van der Waals surface area (Å²) in [5, 5.41) is 7.67. The van der Waals surface area contributed by atoms with Crippen LogP contribution in [0.5, 0.6) is 0 Å². The van der Waals surface area contributed by atoms with Crippen LogP contribution < -0.4 is 10.6 Å². The van der Waals surface area contributed by atoms with Crippen LogP contribution in [0, 0.1) is 0 Å². The van der Waals surface area contributed by atoms with Gasteiger partial charge in [-0.15, -0.1) is 11.3 Å². The van der Waals surface area contributed by atoms with Gasteiger partial charge in [-0.2, -0.15) is 0 Å². The van der Waals surface area contributed by atoms with Gasteiger partial charge < -0.3 is 15.5 Å². The summed E-state index contributed by atoms with van der Waals surface area (Å²) in [5.74, 6) is 0.127. The lowest BCUT2D eigenvalue weighted by molar-refractivity contribution is 0.0644. The van der Waals surface area contributed by atoms with Crippen LogP contribution in [0.1, 0.15) is 30.4 Å². The second-order valence-corrected chi connectivity index (χ2v) is 7.69. The fraction of sp³-hybridized carbons (Fsp3) is 0.625. The number of urea groups is 1. The number of rotatable bonds is 4. The number of nitrogens with zero attached hydrogens (tertiary/aromatic N) is 2. The average Bonchev–Trinajstić information content (AvgIpc) is 2.99. The Hall–Kier alpha value is -1.60. The van der Waals surface area contributed by atoms with Gasteiger partial charge in [-0.25, -0.2) is 4.79 Å². The van der Waals surface area contributed by atoms with Crippen molar-refractivity contribution < 1.29 is 9.59 Å². The molecule has 0 bridgehead atoms. The summed E-state index contributed by atoms with van der Waals surface area (Å²) in [4.78, 5) is 28.9. The Morgan fingerprint density at radius 3 is 2.48 bits per heavy atom. The van der Waals surface area contributed by atoms with Crippen molar-refractivity contribution in [3.63, 3.8) is 0 Å². The first kappa shape index (κ1) is 17.7. The molecule has 1 aliphatic heterocycles. The third-order valence-corrected chi connectivity index (χ3v) is 4.45. The van der Waals surface area contributed by atoms with E-state index in [0.717, 1.165) is 37.6 Å². The van der Waals surface area contributed by atoms with Gasteiger partial charge in [0, 0.05) is 44.8 Å². The quantitative estimate of drug-likeness (QED) is 0.876. The molecular formula is C16H26N4O2S. The van der Waals surface area contributed by atoms with Crippen molar-refractivity contribution in [1.29, 1.82) is 0 Å². The van der Waals surface area contributed by atoms with Gasteiger partial charge in [0.1, 0.15) is 0 Å². The third-order valence-electron chi connectivity index (χ3n) is 3.59. The number of carbonyl (C=O) groups excluding carboxylic acids is 2. The van der Waals surface area contributed by atoms with E-state index in [1.54, 1.807) is 0 Å². The molecule has 3 amide bonds. The van der Waals surface area contributed by atoms with Gasteiger partial charge in [0.05, 0.1) is 4.88 Å². The predicted octanol–water partition coefficient (Wildman–Crippen LogP) is 1.60. The average molecular weight is 338 g/mol. The van der Waals surface area contributed by atoms with Gasteiger partial charge in [-0.1, -0.05) is 6.07 Å². The van der Waals surface area contributed by atoms with Crippen LogP contribution in [-0.2, 0) is 0 Å². The van der Waals surface area contributed by atoms with Crippen molar-refractivity contribution in [2.24, 2.45) is 0 Å². The van der Waals surface area contributed by atoms with Gasteiger partial charge in [-0.3, -0.25) is 9.69 Å². The highest BCUT2D eigenvalue weighted by molar-refractivity contribution is 7.12.